The zero-order valence-corrected chi connectivity index (χ0v) is 13.4. The molecule has 0 bridgehead atoms. The highest BCUT2D eigenvalue weighted by Gasteiger charge is 2.28. The Kier molecular flexibility index (Phi) is 6.61. The van der Waals surface area contributed by atoms with E-state index in [1.807, 2.05) is 6.07 Å². The van der Waals surface area contributed by atoms with Crippen molar-refractivity contribution in [2.45, 2.75) is 50.6 Å². The normalized spacial score (nSPS) is 17.8. The molecule has 1 aliphatic rings. The van der Waals surface area contributed by atoms with Gasteiger partial charge in [-0.2, -0.15) is 0 Å². The van der Waals surface area contributed by atoms with Crippen LogP contribution < -0.4 is 5.73 Å². The van der Waals surface area contributed by atoms with Crippen molar-refractivity contribution in [2.75, 3.05) is 13.2 Å². The minimum Gasteiger partial charge on any atom is -0.395 e. The van der Waals surface area contributed by atoms with Crippen molar-refractivity contribution in [2.24, 2.45) is 5.73 Å². The number of hydrogen-bond donors (Lipinski definition) is 2. The van der Waals surface area contributed by atoms with E-state index in [-0.39, 0.29) is 12.6 Å². The summed E-state index contributed by atoms with van der Waals surface area (Å²) in [5, 5.41) is 9.49. The lowest BCUT2D eigenvalue weighted by Crippen LogP contribution is -2.42. The van der Waals surface area contributed by atoms with Crippen molar-refractivity contribution < 1.29 is 5.11 Å². The summed E-state index contributed by atoms with van der Waals surface area (Å²) in [6.07, 6.45) is 6.98. The molecule has 1 aromatic carbocycles. The van der Waals surface area contributed by atoms with Gasteiger partial charge in [-0.25, -0.2) is 0 Å². The SMILES string of the molecule is NC(=S)CC(c1ccccc1)N(CCO)C1CCCCC1. The minimum atomic E-state index is 0.178. The Balaban J connectivity index is 2.23. The molecule has 1 saturated carbocycles. The summed E-state index contributed by atoms with van der Waals surface area (Å²) in [4.78, 5) is 2.97. The third-order valence-corrected chi connectivity index (χ3v) is 4.55. The molecule has 0 aliphatic heterocycles. The number of rotatable bonds is 7. The molecule has 0 aromatic heterocycles. The Morgan fingerprint density at radius 2 is 1.90 bits per heavy atom. The van der Waals surface area contributed by atoms with E-state index in [2.05, 4.69) is 29.2 Å². The number of benzene rings is 1. The molecule has 0 heterocycles. The van der Waals surface area contributed by atoms with E-state index in [0.29, 0.717) is 24.0 Å². The molecular formula is C17H26N2OS. The number of aliphatic hydroxyl groups excluding tert-OH is 1. The monoisotopic (exact) mass is 306 g/mol. The summed E-state index contributed by atoms with van der Waals surface area (Å²) in [5.41, 5.74) is 7.08. The summed E-state index contributed by atoms with van der Waals surface area (Å²) in [6.45, 7) is 0.865. The summed E-state index contributed by atoms with van der Waals surface area (Å²) in [6, 6.07) is 11.1. The van der Waals surface area contributed by atoms with Crippen molar-refractivity contribution in [3.8, 4) is 0 Å². The molecule has 4 heteroatoms. The standard InChI is InChI=1S/C17H26N2OS/c18-17(21)13-16(14-7-3-1-4-8-14)19(11-12-20)15-9-5-2-6-10-15/h1,3-4,7-8,15-16,20H,2,5-6,9-13H2,(H2,18,21). The van der Waals surface area contributed by atoms with Crippen molar-refractivity contribution in [3.63, 3.8) is 0 Å². The van der Waals surface area contributed by atoms with Crippen molar-refractivity contribution >= 4 is 17.2 Å². The van der Waals surface area contributed by atoms with Crippen LogP contribution in [-0.2, 0) is 0 Å². The second kappa shape index (κ2) is 8.47. The van der Waals surface area contributed by atoms with Crippen LogP contribution in [0.1, 0.15) is 50.1 Å². The van der Waals surface area contributed by atoms with Crippen molar-refractivity contribution in [1.82, 2.24) is 4.90 Å². The summed E-state index contributed by atoms with van der Waals surface area (Å²) in [7, 11) is 0. The molecular weight excluding hydrogens is 280 g/mol. The van der Waals surface area contributed by atoms with Gasteiger partial charge in [0.1, 0.15) is 0 Å². The predicted octanol–water partition coefficient (Wildman–Crippen LogP) is 3.03. The van der Waals surface area contributed by atoms with Gasteiger partial charge in [0.25, 0.3) is 0 Å². The van der Waals surface area contributed by atoms with E-state index in [4.69, 9.17) is 18.0 Å². The van der Waals surface area contributed by atoms with Gasteiger partial charge in [0.05, 0.1) is 11.6 Å². The van der Waals surface area contributed by atoms with Crippen molar-refractivity contribution in [1.29, 1.82) is 0 Å². The molecule has 116 valence electrons. The maximum Gasteiger partial charge on any atom is 0.0746 e. The van der Waals surface area contributed by atoms with Crippen molar-refractivity contribution in [3.05, 3.63) is 35.9 Å². The molecule has 0 radical (unpaired) electrons. The van der Waals surface area contributed by atoms with Crippen LogP contribution in [0.3, 0.4) is 0 Å². The fourth-order valence-electron chi connectivity index (χ4n) is 3.41. The van der Waals surface area contributed by atoms with Crippen LogP contribution >= 0.6 is 12.2 Å². The maximum atomic E-state index is 9.49. The van der Waals surface area contributed by atoms with Gasteiger partial charge in [-0.1, -0.05) is 61.8 Å². The highest BCUT2D eigenvalue weighted by molar-refractivity contribution is 7.80. The van der Waals surface area contributed by atoms with Gasteiger partial charge in [0.15, 0.2) is 0 Å². The molecule has 0 spiro atoms. The smallest absolute Gasteiger partial charge is 0.0746 e. The average Bonchev–Trinajstić information content (AvgIpc) is 2.52. The Labute approximate surface area is 133 Å². The molecule has 3 nitrogen and oxygen atoms in total. The molecule has 21 heavy (non-hydrogen) atoms. The van der Waals surface area contributed by atoms with Crippen LogP contribution in [0.25, 0.3) is 0 Å². The average molecular weight is 306 g/mol. The highest BCUT2D eigenvalue weighted by atomic mass is 32.1. The first kappa shape index (κ1) is 16.4. The first-order valence-corrected chi connectivity index (χ1v) is 8.33. The maximum absolute atomic E-state index is 9.49. The van der Waals surface area contributed by atoms with Gasteiger partial charge >= 0.3 is 0 Å². The van der Waals surface area contributed by atoms with Crippen LogP contribution in [0.15, 0.2) is 30.3 Å². The van der Waals surface area contributed by atoms with E-state index in [9.17, 15) is 5.11 Å². The summed E-state index contributed by atoms with van der Waals surface area (Å²) < 4.78 is 0. The summed E-state index contributed by atoms with van der Waals surface area (Å²) in [5.74, 6) is 0. The van der Waals surface area contributed by atoms with Crippen LogP contribution in [0.5, 0.6) is 0 Å². The molecule has 1 fully saturated rings. The zero-order valence-electron chi connectivity index (χ0n) is 12.6. The number of nitrogens with zero attached hydrogens (tertiary/aromatic N) is 1. The van der Waals surface area contributed by atoms with Crippen LogP contribution in [0.4, 0.5) is 0 Å². The quantitative estimate of drug-likeness (QED) is 0.760. The molecule has 1 aromatic rings. The Morgan fingerprint density at radius 3 is 2.48 bits per heavy atom. The van der Waals surface area contributed by atoms with Crippen LogP contribution in [0.2, 0.25) is 0 Å². The van der Waals surface area contributed by atoms with Gasteiger partial charge in [-0.15, -0.1) is 0 Å². The lowest BCUT2D eigenvalue weighted by atomic mass is 9.91. The van der Waals surface area contributed by atoms with E-state index < -0.39 is 0 Å². The van der Waals surface area contributed by atoms with Gasteiger partial charge in [-0.05, 0) is 18.4 Å². The first-order chi connectivity index (χ1) is 10.2. The number of thiocarbonyl (C=S) groups is 1. The Hall–Kier alpha value is -0.970. The van der Waals surface area contributed by atoms with Gasteiger partial charge < -0.3 is 10.8 Å². The largest absolute Gasteiger partial charge is 0.395 e. The predicted molar refractivity (Wildman–Crippen MR) is 91.3 cm³/mol. The Bertz CT molecular complexity index is 432. The second-order valence-electron chi connectivity index (χ2n) is 5.85. The third kappa shape index (κ3) is 4.77. The molecule has 3 N–H and O–H groups in total. The lowest BCUT2D eigenvalue weighted by molar-refractivity contribution is 0.0825. The van der Waals surface area contributed by atoms with Gasteiger partial charge in [-0.3, -0.25) is 4.90 Å². The Morgan fingerprint density at radius 1 is 1.24 bits per heavy atom. The zero-order chi connectivity index (χ0) is 15.1. The molecule has 1 atom stereocenters. The third-order valence-electron chi connectivity index (χ3n) is 4.38. The number of aliphatic hydroxyl groups is 1. The molecule has 1 aliphatic carbocycles. The lowest BCUT2D eigenvalue weighted by Gasteiger charge is -2.40. The highest BCUT2D eigenvalue weighted by Crippen LogP contribution is 2.32. The second-order valence-corrected chi connectivity index (χ2v) is 6.37. The fraction of sp³-hybridized carbons (Fsp3) is 0.588. The molecule has 0 amide bonds. The first-order valence-electron chi connectivity index (χ1n) is 7.92. The van der Waals surface area contributed by atoms with E-state index in [0.717, 1.165) is 0 Å². The number of nitrogens with two attached hydrogens (primary N) is 1. The topological polar surface area (TPSA) is 49.5 Å². The fourth-order valence-corrected chi connectivity index (χ4v) is 3.57. The molecule has 1 unspecified atom stereocenters. The van der Waals surface area contributed by atoms with E-state index in [1.165, 1.54) is 37.7 Å². The van der Waals surface area contributed by atoms with Crippen LogP contribution in [-0.4, -0.2) is 34.2 Å². The minimum absolute atomic E-state index is 0.178. The molecule has 0 saturated heterocycles. The van der Waals surface area contributed by atoms with Gasteiger partial charge in [0.2, 0.25) is 0 Å². The van der Waals surface area contributed by atoms with Gasteiger partial charge in [0, 0.05) is 25.0 Å². The van der Waals surface area contributed by atoms with Crippen LogP contribution in [0, 0.1) is 0 Å². The molecule has 2 rings (SSSR count). The number of hydrogen-bond acceptors (Lipinski definition) is 3. The van der Waals surface area contributed by atoms with E-state index in [1.54, 1.807) is 0 Å². The summed E-state index contributed by atoms with van der Waals surface area (Å²) >= 11 is 5.17. The van der Waals surface area contributed by atoms with E-state index >= 15 is 0 Å².